The van der Waals surface area contributed by atoms with Crippen molar-refractivity contribution in [1.29, 1.82) is 0 Å². The molecule has 0 amide bonds. The molecule has 4 aromatic carbocycles. The van der Waals surface area contributed by atoms with Crippen molar-refractivity contribution >= 4 is 5.96 Å². The van der Waals surface area contributed by atoms with Crippen LogP contribution in [0.25, 0.3) is 0 Å². The summed E-state index contributed by atoms with van der Waals surface area (Å²) < 4.78 is 0. The van der Waals surface area contributed by atoms with Crippen LogP contribution in [0, 0.1) is 0 Å². The first kappa shape index (κ1) is 21.7. The highest BCUT2D eigenvalue weighted by Gasteiger charge is 2.51. The van der Waals surface area contributed by atoms with E-state index in [4.69, 9.17) is 4.99 Å². The van der Waals surface area contributed by atoms with Gasteiger partial charge >= 0.3 is 0 Å². The standard InChI is InChI=1S/C32H31N3/c1-5-13-26(14-6-1)22-33-31-34(23-27-15-7-2-8-16-27)24-30-21-32(25-35(30)31,28-17-9-3-10-18-28)29-19-11-4-12-20-29/h1-20,30H,21-25H2. The third kappa shape index (κ3) is 4.23. The second-order valence-corrected chi connectivity index (χ2v) is 9.77. The number of aliphatic imine (C=N–C) groups is 1. The number of benzene rings is 4. The van der Waals surface area contributed by atoms with Crippen molar-refractivity contribution in [3.8, 4) is 0 Å². The summed E-state index contributed by atoms with van der Waals surface area (Å²) in [5, 5.41) is 0. The molecule has 0 aromatic heterocycles. The molecular weight excluding hydrogens is 426 g/mol. The molecular formula is C32H31N3. The van der Waals surface area contributed by atoms with Gasteiger partial charge in [0.25, 0.3) is 0 Å². The van der Waals surface area contributed by atoms with Crippen LogP contribution >= 0.6 is 0 Å². The van der Waals surface area contributed by atoms with E-state index in [1.54, 1.807) is 0 Å². The molecule has 2 heterocycles. The highest BCUT2D eigenvalue weighted by molar-refractivity contribution is 5.83. The minimum absolute atomic E-state index is 0.0282. The van der Waals surface area contributed by atoms with Crippen LogP contribution < -0.4 is 0 Å². The van der Waals surface area contributed by atoms with Gasteiger partial charge in [-0.3, -0.25) is 0 Å². The number of hydrogen-bond donors (Lipinski definition) is 0. The van der Waals surface area contributed by atoms with Crippen LogP contribution in [0.5, 0.6) is 0 Å². The minimum atomic E-state index is -0.0282. The van der Waals surface area contributed by atoms with E-state index in [0.717, 1.165) is 32.0 Å². The Labute approximate surface area is 208 Å². The van der Waals surface area contributed by atoms with Crippen LogP contribution in [0.3, 0.4) is 0 Å². The second-order valence-electron chi connectivity index (χ2n) is 9.77. The molecule has 0 N–H and O–H groups in total. The lowest BCUT2D eigenvalue weighted by Gasteiger charge is -2.33. The Morgan fingerprint density at radius 2 is 1.17 bits per heavy atom. The van der Waals surface area contributed by atoms with Gasteiger partial charge in [-0.25, -0.2) is 4.99 Å². The van der Waals surface area contributed by atoms with Crippen LogP contribution in [-0.2, 0) is 18.5 Å². The van der Waals surface area contributed by atoms with E-state index < -0.39 is 0 Å². The Morgan fingerprint density at radius 3 is 1.74 bits per heavy atom. The summed E-state index contributed by atoms with van der Waals surface area (Å²) in [5.41, 5.74) is 5.35. The summed E-state index contributed by atoms with van der Waals surface area (Å²) in [7, 11) is 0. The summed E-state index contributed by atoms with van der Waals surface area (Å²) in [5.74, 6) is 1.14. The Balaban J connectivity index is 1.37. The first-order chi connectivity index (χ1) is 17.3. The Morgan fingerprint density at radius 1 is 0.657 bits per heavy atom. The number of rotatable bonds is 6. The topological polar surface area (TPSA) is 18.8 Å². The molecule has 35 heavy (non-hydrogen) atoms. The zero-order valence-corrected chi connectivity index (χ0v) is 20.0. The SMILES string of the molecule is c1ccc(CN=C2N(Cc3ccccc3)CC3CC(c4ccccc4)(c4ccccc4)CN23)cc1. The molecule has 2 saturated heterocycles. The van der Waals surface area contributed by atoms with Gasteiger partial charge in [-0.1, -0.05) is 121 Å². The highest BCUT2D eigenvalue weighted by Crippen LogP contribution is 2.46. The van der Waals surface area contributed by atoms with Gasteiger partial charge in [0, 0.05) is 25.0 Å². The van der Waals surface area contributed by atoms with Crippen LogP contribution in [0.15, 0.2) is 126 Å². The Bertz CT molecular complexity index is 1230. The lowest BCUT2D eigenvalue weighted by Crippen LogP contribution is -2.39. The summed E-state index contributed by atoms with van der Waals surface area (Å²) >= 11 is 0. The maximum Gasteiger partial charge on any atom is 0.197 e. The Hall–Kier alpha value is -3.85. The van der Waals surface area contributed by atoms with E-state index >= 15 is 0 Å². The number of hydrogen-bond acceptors (Lipinski definition) is 1. The van der Waals surface area contributed by atoms with Gasteiger partial charge in [0.15, 0.2) is 5.96 Å². The predicted octanol–water partition coefficient (Wildman–Crippen LogP) is 6.12. The van der Waals surface area contributed by atoms with E-state index in [9.17, 15) is 0 Å². The zero-order valence-electron chi connectivity index (χ0n) is 20.0. The molecule has 2 aliphatic heterocycles. The first-order valence-corrected chi connectivity index (χ1v) is 12.6. The number of fused-ring (bicyclic) bond motifs is 1. The van der Waals surface area contributed by atoms with Crippen molar-refractivity contribution in [2.45, 2.75) is 31.0 Å². The summed E-state index contributed by atoms with van der Waals surface area (Å²) in [6.45, 7) is 3.55. The van der Waals surface area contributed by atoms with Crippen molar-refractivity contribution in [2.75, 3.05) is 13.1 Å². The first-order valence-electron chi connectivity index (χ1n) is 12.6. The number of guanidine groups is 1. The van der Waals surface area contributed by atoms with Crippen molar-refractivity contribution in [2.24, 2.45) is 4.99 Å². The van der Waals surface area contributed by atoms with E-state index in [1.165, 1.54) is 22.3 Å². The van der Waals surface area contributed by atoms with Gasteiger partial charge in [-0.2, -0.15) is 0 Å². The fourth-order valence-corrected chi connectivity index (χ4v) is 5.89. The third-order valence-corrected chi connectivity index (χ3v) is 7.55. The highest BCUT2D eigenvalue weighted by atomic mass is 15.5. The monoisotopic (exact) mass is 457 g/mol. The molecule has 2 fully saturated rings. The van der Waals surface area contributed by atoms with Crippen LogP contribution in [0.2, 0.25) is 0 Å². The molecule has 3 heteroatoms. The average molecular weight is 458 g/mol. The van der Waals surface area contributed by atoms with Crippen LogP contribution in [0.1, 0.15) is 28.7 Å². The molecule has 0 aliphatic carbocycles. The molecule has 3 nitrogen and oxygen atoms in total. The van der Waals surface area contributed by atoms with Gasteiger partial charge in [0.2, 0.25) is 0 Å². The van der Waals surface area contributed by atoms with E-state index in [2.05, 4.69) is 131 Å². The zero-order chi connectivity index (χ0) is 23.5. The normalized spacial score (nSPS) is 19.8. The van der Waals surface area contributed by atoms with E-state index in [-0.39, 0.29) is 5.41 Å². The maximum atomic E-state index is 5.24. The largest absolute Gasteiger partial charge is 0.337 e. The fourth-order valence-electron chi connectivity index (χ4n) is 5.89. The maximum absolute atomic E-state index is 5.24. The molecule has 2 aliphatic rings. The molecule has 6 rings (SSSR count). The summed E-state index contributed by atoms with van der Waals surface area (Å²) in [6, 6.07) is 44.0. The van der Waals surface area contributed by atoms with Crippen molar-refractivity contribution in [1.82, 2.24) is 9.80 Å². The predicted molar refractivity (Wildman–Crippen MR) is 143 cm³/mol. The van der Waals surface area contributed by atoms with Gasteiger partial charge < -0.3 is 9.80 Å². The molecule has 0 bridgehead atoms. The molecule has 1 atom stereocenters. The van der Waals surface area contributed by atoms with Crippen molar-refractivity contribution < 1.29 is 0 Å². The molecule has 1 unspecified atom stereocenters. The number of nitrogens with zero attached hydrogens (tertiary/aromatic N) is 3. The summed E-state index contributed by atoms with van der Waals surface area (Å²) in [6.07, 6.45) is 1.09. The summed E-state index contributed by atoms with van der Waals surface area (Å²) in [4.78, 5) is 10.3. The minimum Gasteiger partial charge on any atom is -0.337 e. The van der Waals surface area contributed by atoms with Gasteiger partial charge in [-0.05, 0) is 28.7 Å². The van der Waals surface area contributed by atoms with E-state index in [0.29, 0.717) is 12.6 Å². The quantitative estimate of drug-likeness (QED) is 0.347. The Kier molecular flexibility index (Phi) is 5.83. The fraction of sp³-hybridized carbons (Fsp3) is 0.219. The molecule has 0 saturated carbocycles. The lowest BCUT2D eigenvalue weighted by molar-refractivity contribution is 0.400. The average Bonchev–Trinajstić information content (AvgIpc) is 3.45. The van der Waals surface area contributed by atoms with Crippen molar-refractivity contribution in [3.05, 3.63) is 144 Å². The molecule has 0 spiro atoms. The molecule has 174 valence electrons. The third-order valence-electron chi connectivity index (χ3n) is 7.55. The van der Waals surface area contributed by atoms with Crippen molar-refractivity contribution in [3.63, 3.8) is 0 Å². The smallest absolute Gasteiger partial charge is 0.197 e. The van der Waals surface area contributed by atoms with Gasteiger partial charge in [0.05, 0.1) is 12.6 Å². The van der Waals surface area contributed by atoms with Crippen LogP contribution in [0.4, 0.5) is 0 Å². The molecule has 0 radical (unpaired) electrons. The van der Waals surface area contributed by atoms with Gasteiger partial charge in [0.1, 0.15) is 0 Å². The lowest BCUT2D eigenvalue weighted by atomic mass is 9.73. The second kappa shape index (κ2) is 9.42. The van der Waals surface area contributed by atoms with Crippen LogP contribution in [-0.4, -0.2) is 34.9 Å². The molecule has 4 aromatic rings. The van der Waals surface area contributed by atoms with E-state index in [1.807, 2.05) is 0 Å². The van der Waals surface area contributed by atoms with Gasteiger partial charge in [-0.15, -0.1) is 0 Å².